The standard InChI is InChI=1S/C27H34N4O3S/c1-16(2)23-13-8-9-14-24(23)34-19(6)25-29-30-27(31(25)17(3)4)35-20(7)26(33)28-22-12-10-11-21(15-22)18(5)32/h8-17,19-20H,1-7H3,(H,28,33). The molecule has 1 N–H and O–H groups in total. The molecule has 2 atom stereocenters. The second-order valence-electron chi connectivity index (χ2n) is 9.14. The van der Waals surface area contributed by atoms with Crippen molar-refractivity contribution in [2.24, 2.45) is 0 Å². The molecule has 1 aromatic heterocycles. The van der Waals surface area contributed by atoms with Crippen LogP contribution in [-0.2, 0) is 4.79 Å². The molecule has 0 spiro atoms. The number of hydrogen-bond acceptors (Lipinski definition) is 6. The Bertz CT molecular complexity index is 1190. The first kappa shape index (κ1) is 26.5. The van der Waals surface area contributed by atoms with Crippen LogP contribution in [0.15, 0.2) is 53.7 Å². The maximum Gasteiger partial charge on any atom is 0.237 e. The van der Waals surface area contributed by atoms with Gasteiger partial charge < -0.3 is 14.6 Å². The first-order valence-electron chi connectivity index (χ1n) is 11.9. The molecule has 0 fully saturated rings. The first-order chi connectivity index (χ1) is 16.6. The summed E-state index contributed by atoms with van der Waals surface area (Å²) in [4.78, 5) is 24.5. The van der Waals surface area contributed by atoms with Crippen LogP contribution in [0, 0.1) is 0 Å². The minimum Gasteiger partial charge on any atom is -0.482 e. The lowest BCUT2D eigenvalue weighted by atomic mass is 10.0. The van der Waals surface area contributed by atoms with Crippen molar-refractivity contribution in [3.63, 3.8) is 0 Å². The molecule has 0 aliphatic carbocycles. The number of nitrogens with one attached hydrogen (secondary N) is 1. The number of Topliss-reactive ketones (excluding diaryl/α,β-unsaturated/α-hetero) is 1. The van der Waals surface area contributed by atoms with Gasteiger partial charge in [0.05, 0.1) is 5.25 Å². The van der Waals surface area contributed by atoms with Gasteiger partial charge in [0.15, 0.2) is 22.9 Å². The highest BCUT2D eigenvalue weighted by Gasteiger charge is 2.25. The summed E-state index contributed by atoms with van der Waals surface area (Å²) in [7, 11) is 0. The number of amides is 1. The Kier molecular flexibility index (Phi) is 8.72. The van der Waals surface area contributed by atoms with E-state index in [1.165, 1.54) is 18.7 Å². The second kappa shape index (κ2) is 11.5. The molecule has 3 rings (SSSR count). The van der Waals surface area contributed by atoms with E-state index in [9.17, 15) is 9.59 Å². The van der Waals surface area contributed by atoms with Crippen molar-refractivity contribution in [3.8, 4) is 5.75 Å². The molecule has 1 heterocycles. The van der Waals surface area contributed by atoms with Crippen molar-refractivity contribution in [2.45, 2.75) is 76.9 Å². The Labute approximate surface area is 211 Å². The van der Waals surface area contributed by atoms with E-state index in [-0.39, 0.29) is 23.8 Å². The van der Waals surface area contributed by atoms with Gasteiger partial charge in [-0.3, -0.25) is 9.59 Å². The Balaban J connectivity index is 1.76. The molecule has 35 heavy (non-hydrogen) atoms. The van der Waals surface area contributed by atoms with Gasteiger partial charge in [-0.2, -0.15) is 0 Å². The Hall–Kier alpha value is -3.13. The van der Waals surface area contributed by atoms with Gasteiger partial charge >= 0.3 is 0 Å². The molecule has 186 valence electrons. The summed E-state index contributed by atoms with van der Waals surface area (Å²) in [5.74, 6) is 1.66. The highest BCUT2D eigenvalue weighted by Crippen LogP contribution is 2.33. The maximum absolute atomic E-state index is 12.9. The average Bonchev–Trinajstić information content (AvgIpc) is 3.23. The van der Waals surface area contributed by atoms with Crippen LogP contribution in [0.5, 0.6) is 5.75 Å². The number of rotatable bonds is 10. The Morgan fingerprint density at radius 1 is 0.971 bits per heavy atom. The van der Waals surface area contributed by atoms with E-state index in [4.69, 9.17) is 4.74 Å². The summed E-state index contributed by atoms with van der Waals surface area (Å²) in [6, 6.07) is 15.0. The van der Waals surface area contributed by atoms with Crippen LogP contribution in [0.1, 0.15) is 88.3 Å². The lowest BCUT2D eigenvalue weighted by Crippen LogP contribution is -2.23. The van der Waals surface area contributed by atoms with E-state index in [1.54, 1.807) is 24.3 Å². The van der Waals surface area contributed by atoms with Gasteiger partial charge in [0.25, 0.3) is 0 Å². The molecular weight excluding hydrogens is 460 g/mol. The Morgan fingerprint density at radius 2 is 1.69 bits per heavy atom. The van der Waals surface area contributed by atoms with E-state index >= 15 is 0 Å². The molecule has 8 heteroatoms. The van der Waals surface area contributed by atoms with Crippen molar-refractivity contribution in [2.75, 3.05) is 5.32 Å². The summed E-state index contributed by atoms with van der Waals surface area (Å²) in [5.41, 5.74) is 2.29. The van der Waals surface area contributed by atoms with Crippen molar-refractivity contribution >= 4 is 29.1 Å². The van der Waals surface area contributed by atoms with E-state index in [0.29, 0.717) is 28.1 Å². The molecule has 2 unspecified atom stereocenters. The maximum atomic E-state index is 12.9. The van der Waals surface area contributed by atoms with Crippen LogP contribution in [0.2, 0.25) is 0 Å². The lowest BCUT2D eigenvalue weighted by Gasteiger charge is -2.21. The predicted molar refractivity (Wildman–Crippen MR) is 140 cm³/mol. The van der Waals surface area contributed by atoms with Crippen LogP contribution in [0.4, 0.5) is 5.69 Å². The van der Waals surface area contributed by atoms with Crippen LogP contribution in [0.3, 0.4) is 0 Å². The van der Waals surface area contributed by atoms with Crippen molar-refractivity contribution in [3.05, 3.63) is 65.5 Å². The highest BCUT2D eigenvalue weighted by atomic mass is 32.2. The number of anilines is 1. The summed E-state index contributed by atoms with van der Waals surface area (Å²) in [5, 5.41) is 11.9. The molecular formula is C27H34N4O3S. The normalized spacial score (nSPS) is 13.1. The van der Waals surface area contributed by atoms with E-state index < -0.39 is 5.25 Å². The third-order valence-corrected chi connectivity index (χ3v) is 6.66. The number of thioether (sulfide) groups is 1. The number of nitrogens with zero attached hydrogens (tertiary/aromatic N) is 3. The smallest absolute Gasteiger partial charge is 0.237 e. The number of hydrogen-bond donors (Lipinski definition) is 1. The molecule has 0 saturated heterocycles. The van der Waals surface area contributed by atoms with Gasteiger partial charge in [-0.1, -0.05) is 55.9 Å². The number of ether oxygens (including phenoxy) is 1. The summed E-state index contributed by atoms with van der Waals surface area (Å²) >= 11 is 1.34. The molecule has 0 bridgehead atoms. The number of carbonyl (C=O) groups excluding carboxylic acids is 2. The Morgan fingerprint density at radius 3 is 2.34 bits per heavy atom. The van der Waals surface area contributed by atoms with Gasteiger partial charge in [0.1, 0.15) is 5.75 Å². The zero-order valence-electron chi connectivity index (χ0n) is 21.4. The SMILES string of the molecule is CC(=O)c1cccc(NC(=O)C(C)Sc2nnc(C(C)Oc3ccccc3C(C)C)n2C(C)C)c1. The fourth-order valence-corrected chi connectivity index (χ4v) is 4.70. The largest absolute Gasteiger partial charge is 0.482 e. The van der Waals surface area contributed by atoms with Crippen LogP contribution in [-0.4, -0.2) is 31.7 Å². The lowest BCUT2D eigenvalue weighted by molar-refractivity contribution is -0.115. The molecule has 0 radical (unpaired) electrons. The minimum absolute atomic E-state index is 0.0477. The fraction of sp³-hybridized carbons (Fsp3) is 0.407. The van der Waals surface area contributed by atoms with Crippen LogP contribution < -0.4 is 10.1 Å². The average molecular weight is 495 g/mol. The predicted octanol–water partition coefficient (Wildman–Crippen LogP) is 6.44. The zero-order chi connectivity index (χ0) is 25.7. The van der Waals surface area contributed by atoms with Gasteiger partial charge in [0.2, 0.25) is 5.91 Å². The monoisotopic (exact) mass is 494 g/mol. The summed E-state index contributed by atoms with van der Waals surface area (Å²) < 4.78 is 8.34. The van der Waals surface area contributed by atoms with E-state index in [0.717, 1.165) is 11.3 Å². The molecule has 7 nitrogen and oxygen atoms in total. The summed E-state index contributed by atoms with van der Waals surface area (Å²) in [6.45, 7) is 13.7. The second-order valence-corrected chi connectivity index (χ2v) is 10.5. The minimum atomic E-state index is -0.427. The number of benzene rings is 2. The van der Waals surface area contributed by atoms with Crippen molar-refractivity contribution in [1.82, 2.24) is 14.8 Å². The molecule has 0 saturated carbocycles. The van der Waals surface area contributed by atoms with Gasteiger partial charge in [-0.15, -0.1) is 10.2 Å². The number of aromatic nitrogens is 3. The van der Waals surface area contributed by atoms with Crippen molar-refractivity contribution < 1.29 is 14.3 Å². The van der Waals surface area contributed by atoms with Crippen LogP contribution >= 0.6 is 11.8 Å². The number of carbonyl (C=O) groups is 2. The third kappa shape index (κ3) is 6.51. The van der Waals surface area contributed by atoms with E-state index in [1.807, 2.05) is 36.6 Å². The molecule has 0 aliphatic heterocycles. The van der Waals surface area contributed by atoms with Crippen molar-refractivity contribution in [1.29, 1.82) is 0 Å². The highest BCUT2D eigenvalue weighted by molar-refractivity contribution is 8.00. The topological polar surface area (TPSA) is 86.1 Å². The molecule has 3 aromatic rings. The fourth-order valence-electron chi connectivity index (χ4n) is 3.71. The van der Waals surface area contributed by atoms with Gasteiger partial charge in [-0.05, 0) is 64.3 Å². The third-order valence-electron chi connectivity index (χ3n) is 5.60. The quantitative estimate of drug-likeness (QED) is 0.258. The number of ketones is 1. The van der Waals surface area contributed by atoms with E-state index in [2.05, 4.69) is 49.3 Å². The zero-order valence-corrected chi connectivity index (χ0v) is 22.2. The first-order valence-corrected chi connectivity index (χ1v) is 12.7. The molecule has 2 aromatic carbocycles. The molecule has 1 amide bonds. The number of para-hydroxylation sites is 1. The molecule has 0 aliphatic rings. The van der Waals surface area contributed by atoms with Gasteiger partial charge in [0, 0.05) is 17.3 Å². The summed E-state index contributed by atoms with van der Waals surface area (Å²) in [6.07, 6.45) is -0.322. The van der Waals surface area contributed by atoms with Crippen LogP contribution in [0.25, 0.3) is 0 Å². The van der Waals surface area contributed by atoms with Gasteiger partial charge in [-0.25, -0.2) is 0 Å².